The van der Waals surface area contributed by atoms with Gasteiger partial charge >= 0.3 is 0 Å². The molecule has 1 N–H and O–H groups in total. The number of rotatable bonds is 5. The first kappa shape index (κ1) is 18.3. The van der Waals surface area contributed by atoms with Gasteiger partial charge in [-0.1, -0.05) is 30.3 Å². The zero-order chi connectivity index (χ0) is 18.7. The Morgan fingerprint density at radius 1 is 1.23 bits per heavy atom. The number of fused-ring (bicyclic) bond motifs is 1. The van der Waals surface area contributed by atoms with Gasteiger partial charge in [-0.05, 0) is 35.7 Å². The second-order valence-corrected chi connectivity index (χ2v) is 7.77. The number of amides is 1. The van der Waals surface area contributed by atoms with Gasteiger partial charge in [-0.15, -0.1) is 6.58 Å². The summed E-state index contributed by atoms with van der Waals surface area (Å²) in [6, 6.07) is 11.3. The van der Waals surface area contributed by atoms with Crippen LogP contribution < -0.4 is 4.72 Å². The number of halogens is 1. The van der Waals surface area contributed by atoms with E-state index in [0.717, 1.165) is 24.1 Å². The van der Waals surface area contributed by atoms with Crippen molar-refractivity contribution < 1.29 is 17.6 Å². The minimum absolute atomic E-state index is 0.0249. The molecule has 5 nitrogen and oxygen atoms in total. The van der Waals surface area contributed by atoms with Crippen LogP contribution in [0.5, 0.6) is 0 Å². The summed E-state index contributed by atoms with van der Waals surface area (Å²) in [5.74, 6) is -1.22. The van der Waals surface area contributed by atoms with E-state index in [9.17, 15) is 17.6 Å². The molecule has 0 spiro atoms. The fourth-order valence-corrected chi connectivity index (χ4v) is 4.04. The molecule has 7 heteroatoms. The fraction of sp³-hybridized carbons (Fsp3) is 0.211. The lowest BCUT2D eigenvalue weighted by Gasteiger charge is -2.29. The second kappa shape index (κ2) is 7.39. The van der Waals surface area contributed by atoms with E-state index in [1.807, 2.05) is 24.3 Å². The molecular formula is C19H19FN2O3S. The number of benzene rings is 2. The summed E-state index contributed by atoms with van der Waals surface area (Å²) < 4.78 is 40.6. The Labute approximate surface area is 152 Å². The average Bonchev–Trinajstić information content (AvgIpc) is 2.65. The Kier molecular flexibility index (Phi) is 5.20. The van der Waals surface area contributed by atoms with Crippen molar-refractivity contribution in [3.05, 3.63) is 77.6 Å². The largest absolute Gasteiger partial charge is 0.334 e. The quantitative estimate of drug-likeness (QED) is 0.818. The fourth-order valence-electron chi connectivity index (χ4n) is 2.94. The molecule has 0 saturated heterocycles. The lowest BCUT2D eigenvalue weighted by atomic mass is 9.99. The Bertz CT molecular complexity index is 957. The molecule has 2 aromatic carbocycles. The van der Waals surface area contributed by atoms with Crippen molar-refractivity contribution in [3.63, 3.8) is 0 Å². The first-order valence-electron chi connectivity index (χ1n) is 8.18. The van der Waals surface area contributed by atoms with Gasteiger partial charge < -0.3 is 4.90 Å². The third-order valence-corrected chi connectivity index (χ3v) is 5.74. The van der Waals surface area contributed by atoms with Crippen molar-refractivity contribution in [2.45, 2.75) is 17.9 Å². The molecule has 26 heavy (non-hydrogen) atoms. The summed E-state index contributed by atoms with van der Waals surface area (Å²) in [5, 5.41) is 0. The molecule has 0 atom stereocenters. The SMILES string of the molecule is C=CCNS(=O)(=O)c1cc(C(=O)N2CCc3ccccc3C2)ccc1F. The lowest BCUT2D eigenvalue weighted by molar-refractivity contribution is 0.0734. The summed E-state index contributed by atoms with van der Waals surface area (Å²) >= 11 is 0. The molecule has 0 aliphatic carbocycles. The van der Waals surface area contributed by atoms with Crippen LogP contribution in [0.1, 0.15) is 21.5 Å². The highest BCUT2D eigenvalue weighted by Gasteiger charge is 2.25. The number of nitrogens with zero attached hydrogens (tertiary/aromatic N) is 1. The average molecular weight is 374 g/mol. The van der Waals surface area contributed by atoms with Crippen LogP contribution in [0.25, 0.3) is 0 Å². The minimum Gasteiger partial charge on any atom is -0.334 e. The van der Waals surface area contributed by atoms with E-state index in [4.69, 9.17) is 0 Å². The van der Waals surface area contributed by atoms with Gasteiger partial charge in [0.25, 0.3) is 5.91 Å². The number of carbonyl (C=O) groups is 1. The Morgan fingerprint density at radius 2 is 1.96 bits per heavy atom. The van der Waals surface area contributed by atoms with E-state index in [2.05, 4.69) is 11.3 Å². The monoisotopic (exact) mass is 374 g/mol. The third-order valence-electron chi connectivity index (χ3n) is 4.30. The van der Waals surface area contributed by atoms with Gasteiger partial charge in [0, 0.05) is 25.2 Å². The van der Waals surface area contributed by atoms with Crippen LogP contribution in [0.4, 0.5) is 4.39 Å². The molecule has 0 fully saturated rings. The smallest absolute Gasteiger partial charge is 0.254 e. The van der Waals surface area contributed by atoms with Crippen LogP contribution in [0.15, 0.2) is 60.0 Å². The predicted octanol–water partition coefficient (Wildman–Crippen LogP) is 2.49. The molecule has 136 valence electrons. The molecule has 0 bridgehead atoms. The van der Waals surface area contributed by atoms with Gasteiger partial charge in [0.05, 0.1) is 0 Å². The molecule has 0 aromatic heterocycles. The lowest BCUT2D eigenvalue weighted by Crippen LogP contribution is -2.36. The second-order valence-electron chi connectivity index (χ2n) is 6.03. The van der Waals surface area contributed by atoms with E-state index in [0.29, 0.717) is 13.1 Å². The maximum absolute atomic E-state index is 14.0. The van der Waals surface area contributed by atoms with Crippen molar-refractivity contribution in [3.8, 4) is 0 Å². The van der Waals surface area contributed by atoms with Crippen molar-refractivity contribution in [1.82, 2.24) is 9.62 Å². The first-order chi connectivity index (χ1) is 12.4. The maximum Gasteiger partial charge on any atom is 0.254 e. The van der Waals surface area contributed by atoms with Gasteiger partial charge in [0.15, 0.2) is 0 Å². The van der Waals surface area contributed by atoms with E-state index >= 15 is 0 Å². The highest BCUT2D eigenvalue weighted by atomic mass is 32.2. The molecule has 1 aliphatic rings. The van der Waals surface area contributed by atoms with Gasteiger partial charge in [-0.2, -0.15) is 0 Å². The highest BCUT2D eigenvalue weighted by Crippen LogP contribution is 2.22. The van der Waals surface area contributed by atoms with E-state index in [1.165, 1.54) is 17.7 Å². The van der Waals surface area contributed by atoms with Crippen molar-refractivity contribution in [2.75, 3.05) is 13.1 Å². The zero-order valence-electron chi connectivity index (χ0n) is 14.1. The number of sulfonamides is 1. The number of carbonyl (C=O) groups excluding carboxylic acids is 1. The van der Waals surface area contributed by atoms with E-state index in [-0.39, 0.29) is 18.0 Å². The molecule has 3 rings (SSSR count). The maximum atomic E-state index is 14.0. The zero-order valence-corrected chi connectivity index (χ0v) is 14.9. The number of nitrogens with one attached hydrogen (secondary N) is 1. The van der Waals surface area contributed by atoms with Gasteiger partial charge in [-0.3, -0.25) is 4.79 Å². The molecule has 1 aliphatic heterocycles. The third kappa shape index (κ3) is 3.68. The van der Waals surface area contributed by atoms with Crippen molar-refractivity contribution in [1.29, 1.82) is 0 Å². The van der Waals surface area contributed by atoms with Crippen LogP contribution in [-0.4, -0.2) is 32.3 Å². The van der Waals surface area contributed by atoms with Crippen molar-refractivity contribution in [2.24, 2.45) is 0 Å². The molecule has 1 heterocycles. The van der Waals surface area contributed by atoms with Gasteiger partial charge in [-0.25, -0.2) is 17.5 Å². The van der Waals surface area contributed by atoms with Crippen LogP contribution in [0.2, 0.25) is 0 Å². The molecule has 1 amide bonds. The molecule has 0 unspecified atom stereocenters. The summed E-state index contributed by atoms with van der Waals surface area (Å²) in [4.78, 5) is 13.9. The molecule has 0 radical (unpaired) electrons. The topological polar surface area (TPSA) is 66.5 Å². The predicted molar refractivity (Wildman–Crippen MR) is 96.7 cm³/mol. The number of hydrogen-bond acceptors (Lipinski definition) is 3. The minimum atomic E-state index is -4.06. The van der Waals surface area contributed by atoms with Crippen LogP contribution in [0, 0.1) is 5.82 Å². The summed E-state index contributed by atoms with van der Waals surface area (Å²) in [6.45, 7) is 4.38. The first-order valence-corrected chi connectivity index (χ1v) is 9.67. The Morgan fingerprint density at radius 3 is 2.69 bits per heavy atom. The van der Waals surface area contributed by atoms with E-state index in [1.54, 1.807) is 4.90 Å². The normalized spacial score (nSPS) is 14.0. The van der Waals surface area contributed by atoms with Gasteiger partial charge in [0.1, 0.15) is 10.7 Å². The summed E-state index contributed by atoms with van der Waals surface area (Å²) in [6.07, 6.45) is 2.09. The van der Waals surface area contributed by atoms with Crippen LogP contribution in [-0.2, 0) is 23.0 Å². The van der Waals surface area contributed by atoms with Crippen molar-refractivity contribution >= 4 is 15.9 Å². The summed E-state index contributed by atoms with van der Waals surface area (Å²) in [7, 11) is -4.06. The molecule has 2 aromatic rings. The Hall–Kier alpha value is -2.51. The highest BCUT2D eigenvalue weighted by molar-refractivity contribution is 7.89. The summed E-state index contributed by atoms with van der Waals surface area (Å²) in [5.41, 5.74) is 2.41. The van der Waals surface area contributed by atoms with Crippen LogP contribution in [0.3, 0.4) is 0 Å². The number of hydrogen-bond donors (Lipinski definition) is 1. The standard InChI is InChI=1S/C19H19FN2O3S/c1-2-10-21-26(24,25)18-12-15(7-8-17(18)20)19(23)22-11-9-14-5-3-4-6-16(14)13-22/h2-8,12,21H,1,9-11,13H2. The molecular weight excluding hydrogens is 355 g/mol. The molecule has 0 saturated carbocycles. The Balaban J connectivity index is 1.87. The van der Waals surface area contributed by atoms with Crippen LogP contribution >= 0.6 is 0 Å². The van der Waals surface area contributed by atoms with E-state index < -0.39 is 20.7 Å². The van der Waals surface area contributed by atoms with Gasteiger partial charge in [0.2, 0.25) is 10.0 Å².